The molecule has 0 saturated carbocycles. The Morgan fingerprint density at radius 2 is 2.47 bits per heavy atom. The monoisotopic (exact) mass is 234 g/mol. The minimum Gasteiger partial charge on any atom is -0.377 e. The number of nitrogens with one attached hydrogen (secondary N) is 2. The van der Waals surface area contributed by atoms with E-state index >= 15 is 0 Å². The van der Waals surface area contributed by atoms with E-state index in [0.717, 1.165) is 18.5 Å². The predicted octanol–water partition coefficient (Wildman–Crippen LogP) is 1.28. The zero-order valence-corrected chi connectivity index (χ0v) is 10.2. The van der Waals surface area contributed by atoms with Crippen molar-refractivity contribution in [2.45, 2.75) is 25.9 Å². The number of rotatable bonds is 4. The number of carbonyl (C=O) groups excluding carboxylic acids is 1. The van der Waals surface area contributed by atoms with Crippen LogP contribution >= 0.6 is 0 Å². The minimum atomic E-state index is 0.0177. The molecule has 17 heavy (non-hydrogen) atoms. The van der Waals surface area contributed by atoms with Gasteiger partial charge in [-0.3, -0.25) is 4.79 Å². The lowest BCUT2D eigenvalue weighted by atomic mass is 9.97. The summed E-state index contributed by atoms with van der Waals surface area (Å²) in [6.07, 6.45) is 8.08. The summed E-state index contributed by atoms with van der Waals surface area (Å²) < 4.78 is 5.34. The second-order valence-corrected chi connectivity index (χ2v) is 4.28. The number of hydrogen-bond donors (Lipinski definition) is 2. The molecule has 0 aliphatic heterocycles. The van der Waals surface area contributed by atoms with Gasteiger partial charge in [0.15, 0.2) is 0 Å². The van der Waals surface area contributed by atoms with Crippen molar-refractivity contribution < 1.29 is 9.53 Å². The molecular formula is C13H18N2O2. The van der Waals surface area contributed by atoms with Crippen LogP contribution in [0.4, 0.5) is 0 Å². The number of carbonyl (C=O) groups is 1. The van der Waals surface area contributed by atoms with Gasteiger partial charge in [0, 0.05) is 38.9 Å². The zero-order chi connectivity index (χ0) is 12.3. The Balaban J connectivity index is 2.03. The highest BCUT2D eigenvalue weighted by molar-refractivity contribution is 5.72. The van der Waals surface area contributed by atoms with Gasteiger partial charge < -0.3 is 15.0 Å². The Morgan fingerprint density at radius 1 is 1.65 bits per heavy atom. The number of hydrogen-bond acceptors (Lipinski definition) is 2. The number of aromatic amines is 1. The van der Waals surface area contributed by atoms with Crippen LogP contribution in [0, 0.1) is 0 Å². The molecule has 1 aliphatic rings. The topological polar surface area (TPSA) is 54.1 Å². The van der Waals surface area contributed by atoms with Crippen molar-refractivity contribution in [1.82, 2.24) is 10.3 Å². The molecule has 2 N–H and O–H groups in total. The van der Waals surface area contributed by atoms with E-state index in [1.165, 1.54) is 18.1 Å². The second kappa shape index (κ2) is 5.19. The van der Waals surface area contributed by atoms with Gasteiger partial charge in [0.2, 0.25) is 5.91 Å². The molecule has 1 heterocycles. The first-order chi connectivity index (χ1) is 8.20. The number of amides is 1. The number of aromatic nitrogens is 1. The smallest absolute Gasteiger partial charge is 0.216 e. The Kier molecular flexibility index (Phi) is 3.64. The molecule has 1 unspecified atom stereocenters. The molecule has 92 valence electrons. The van der Waals surface area contributed by atoms with Gasteiger partial charge in [0.25, 0.3) is 0 Å². The molecule has 4 heteroatoms. The van der Waals surface area contributed by atoms with Crippen LogP contribution in [0.1, 0.15) is 23.7 Å². The predicted molar refractivity (Wildman–Crippen MR) is 66.7 cm³/mol. The van der Waals surface area contributed by atoms with E-state index in [1.807, 2.05) is 6.20 Å². The Labute approximate surface area is 101 Å². The van der Waals surface area contributed by atoms with Crippen LogP contribution in [-0.4, -0.2) is 30.6 Å². The van der Waals surface area contributed by atoms with Crippen molar-refractivity contribution in [2.24, 2.45) is 0 Å². The normalized spacial score (nSPS) is 17.9. The van der Waals surface area contributed by atoms with Crippen LogP contribution in [0.3, 0.4) is 0 Å². The number of fused-ring (bicyclic) bond motifs is 1. The van der Waals surface area contributed by atoms with E-state index in [-0.39, 0.29) is 12.0 Å². The zero-order valence-electron chi connectivity index (χ0n) is 10.2. The first kappa shape index (κ1) is 11.9. The molecule has 0 fully saturated rings. The fourth-order valence-corrected chi connectivity index (χ4v) is 2.13. The average Bonchev–Trinajstić information content (AvgIpc) is 2.71. The number of methoxy groups -OCH3 is 1. The quantitative estimate of drug-likeness (QED) is 0.824. The summed E-state index contributed by atoms with van der Waals surface area (Å²) in [5, 5.41) is 2.81. The van der Waals surface area contributed by atoms with Crippen LogP contribution in [0.5, 0.6) is 0 Å². The van der Waals surface area contributed by atoms with Crippen LogP contribution in [0.25, 0.3) is 6.08 Å². The van der Waals surface area contributed by atoms with Crippen molar-refractivity contribution in [3.8, 4) is 0 Å². The molecule has 0 bridgehead atoms. The van der Waals surface area contributed by atoms with Crippen molar-refractivity contribution in [2.75, 3.05) is 13.7 Å². The molecule has 0 aromatic carbocycles. The number of H-pyrrole nitrogens is 1. The minimum absolute atomic E-state index is 0.0177. The van der Waals surface area contributed by atoms with E-state index in [4.69, 9.17) is 4.74 Å². The Morgan fingerprint density at radius 3 is 3.18 bits per heavy atom. The van der Waals surface area contributed by atoms with Gasteiger partial charge >= 0.3 is 0 Å². The largest absolute Gasteiger partial charge is 0.377 e. The molecule has 1 aliphatic carbocycles. The third-order valence-corrected chi connectivity index (χ3v) is 3.07. The molecule has 1 atom stereocenters. The lowest BCUT2D eigenvalue weighted by Crippen LogP contribution is -2.23. The summed E-state index contributed by atoms with van der Waals surface area (Å²) >= 11 is 0. The third kappa shape index (κ3) is 2.77. The molecule has 0 saturated heterocycles. The van der Waals surface area contributed by atoms with E-state index in [1.54, 1.807) is 7.11 Å². The molecule has 2 rings (SSSR count). The second-order valence-electron chi connectivity index (χ2n) is 4.28. The Bertz CT molecular complexity index is 435. The fourth-order valence-electron chi connectivity index (χ4n) is 2.13. The summed E-state index contributed by atoms with van der Waals surface area (Å²) in [6, 6.07) is 0. The van der Waals surface area contributed by atoms with Crippen molar-refractivity contribution in [3.63, 3.8) is 0 Å². The van der Waals surface area contributed by atoms with Gasteiger partial charge in [0.05, 0.1) is 6.10 Å². The molecular weight excluding hydrogens is 216 g/mol. The summed E-state index contributed by atoms with van der Waals surface area (Å²) in [6.45, 7) is 2.22. The summed E-state index contributed by atoms with van der Waals surface area (Å²) in [4.78, 5) is 14.1. The van der Waals surface area contributed by atoms with E-state index in [0.29, 0.717) is 6.54 Å². The summed E-state index contributed by atoms with van der Waals surface area (Å²) in [5.41, 5.74) is 3.74. The SMILES string of the molecule is COC1C=Cc2[nH]cc(CCNC(C)=O)c2C1. The van der Waals surface area contributed by atoms with Crippen molar-refractivity contribution >= 4 is 12.0 Å². The molecule has 0 radical (unpaired) electrons. The lowest BCUT2D eigenvalue weighted by Gasteiger charge is -2.16. The standard InChI is InChI=1S/C13H18N2O2/c1-9(16)14-6-5-10-8-15-13-4-3-11(17-2)7-12(10)13/h3-4,8,11,15H,5-7H2,1-2H3,(H,14,16). The van der Waals surface area contributed by atoms with Crippen molar-refractivity contribution in [3.05, 3.63) is 29.1 Å². The molecule has 0 spiro atoms. The maximum Gasteiger partial charge on any atom is 0.216 e. The fraction of sp³-hybridized carbons (Fsp3) is 0.462. The van der Waals surface area contributed by atoms with Crippen LogP contribution in [0.2, 0.25) is 0 Å². The van der Waals surface area contributed by atoms with Crippen LogP contribution in [-0.2, 0) is 22.4 Å². The van der Waals surface area contributed by atoms with E-state index in [2.05, 4.69) is 22.5 Å². The maximum atomic E-state index is 10.8. The lowest BCUT2D eigenvalue weighted by molar-refractivity contribution is -0.118. The molecule has 1 aromatic rings. The highest BCUT2D eigenvalue weighted by Gasteiger charge is 2.17. The highest BCUT2D eigenvalue weighted by atomic mass is 16.5. The van der Waals surface area contributed by atoms with Crippen molar-refractivity contribution in [1.29, 1.82) is 0 Å². The summed E-state index contributed by atoms with van der Waals surface area (Å²) in [5.74, 6) is 0.0177. The Hall–Kier alpha value is -1.55. The van der Waals surface area contributed by atoms with Gasteiger partial charge in [-0.15, -0.1) is 0 Å². The average molecular weight is 234 g/mol. The first-order valence-electron chi connectivity index (χ1n) is 5.85. The van der Waals surface area contributed by atoms with Crippen LogP contribution in [0.15, 0.2) is 12.3 Å². The molecule has 1 amide bonds. The maximum absolute atomic E-state index is 10.8. The van der Waals surface area contributed by atoms with Gasteiger partial charge in [-0.25, -0.2) is 0 Å². The van der Waals surface area contributed by atoms with Gasteiger partial charge in [0.1, 0.15) is 0 Å². The van der Waals surface area contributed by atoms with Gasteiger partial charge in [-0.2, -0.15) is 0 Å². The summed E-state index contributed by atoms with van der Waals surface area (Å²) in [7, 11) is 1.73. The highest BCUT2D eigenvalue weighted by Crippen LogP contribution is 2.23. The molecule has 4 nitrogen and oxygen atoms in total. The third-order valence-electron chi connectivity index (χ3n) is 3.07. The van der Waals surface area contributed by atoms with Gasteiger partial charge in [-0.05, 0) is 23.6 Å². The van der Waals surface area contributed by atoms with E-state index in [9.17, 15) is 4.79 Å². The molecule has 1 aromatic heterocycles. The van der Waals surface area contributed by atoms with E-state index < -0.39 is 0 Å². The number of ether oxygens (including phenoxy) is 1. The first-order valence-corrected chi connectivity index (χ1v) is 5.85. The van der Waals surface area contributed by atoms with Crippen LogP contribution < -0.4 is 5.32 Å². The van der Waals surface area contributed by atoms with Gasteiger partial charge in [-0.1, -0.05) is 6.08 Å².